The predicted molar refractivity (Wildman–Crippen MR) is 83.0 cm³/mol. The number of ether oxygens (including phenoxy) is 1. The number of carboxylic acids is 1. The average molecular weight is 664 g/mol. The topological polar surface area (TPSA) is 63.6 Å². The fraction of sp³-hybridized carbons (Fsp3) is 0.875. The van der Waals surface area contributed by atoms with Crippen LogP contribution in [0.4, 0.5) is 92.2 Å². The molecule has 41 heavy (non-hydrogen) atoms. The van der Waals surface area contributed by atoms with E-state index in [1.807, 2.05) is 0 Å². The Morgan fingerprint density at radius 2 is 0.756 bits per heavy atom. The third-order valence-corrected chi connectivity index (χ3v) is 4.80. The first kappa shape index (κ1) is 38.5. The number of carboxylic acid groups (broad SMARTS) is 1. The highest BCUT2D eigenvalue weighted by Crippen LogP contribution is 2.66. The zero-order valence-electron chi connectivity index (χ0n) is 18.4. The molecule has 0 saturated heterocycles. The third-order valence-electron chi connectivity index (χ3n) is 4.80. The highest BCUT2D eigenvalue weighted by molar-refractivity contribution is 5.76. The molecule has 0 fully saturated rings. The standard InChI is InChI=1S/C16H9F21O4/c17-7(18,3-4-41-6(40)2-1-5(38)39)8(19,20)9(21,22)10(23,24)11(25,26)12(27,28)13(29,30)14(31,32)15(33,34)16(35,36)37/h1-4H2,(H,38,39). The fourth-order valence-electron chi connectivity index (χ4n) is 2.32. The lowest BCUT2D eigenvalue weighted by molar-refractivity contribution is -0.474. The number of hydrogen-bond acceptors (Lipinski definition) is 3. The molecule has 0 radical (unpaired) electrons. The van der Waals surface area contributed by atoms with Crippen LogP contribution in [0.5, 0.6) is 0 Å². The van der Waals surface area contributed by atoms with E-state index >= 15 is 0 Å². The van der Waals surface area contributed by atoms with Crippen molar-refractivity contribution in [2.75, 3.05) is 6.61 Å². The normalized spacial score (nSPS) is 15.6. The Morgan fingerprint density at radius 3 is 1.05 bits per heavy atom. The van der Waals surface area contributed by atoms with Crippen LogP contribution in [0.3, 0.4) is 0 Å². The molecule has 0 aromatic rings. The van der Waals surface area contributed by atoms with Gasteiger partial charge in [-0.3, -0.25) is 9.59 Å². The number of alkyl halides is 21. The van der Waals surface area contributed by atoms with E-state index < -0.39 is 97.3 Å². The lowest BCUT2D eigenvalue weighted by Gasteiger charge is -2.44. The van der Waals surface area contributed by atoms with Gasteiger partial charge in [0.1, 0.15) is 0 Å². The molecule has 0 aromatic carbocycles. The minimum atomic E-state index is -9.25. The summed E-state index contributed by atoms with van der Waals surface area (Å²) in [6.07, 6.45) is -13.5. The lowest BCUT2D eigenvalue weighted by Crippen LogP contribution is -2.76. The molecule has 4 nitrogen and oxygen atoms in total. The monoisotopic (exact) mass is 664 g/mol. The zero-order valence-corrected chi connectivity index (χ0v) is 18.4. The number of aliphatic carboxylic acids is 1. The Hall–Kier alpha value is -2.53. The number of carbonyl (C=O) groups is 2. The quantitative estimate of drug-likeness (QED) is 0.160. The van der Waals surface area contributed by atoms with Crippen LogP contribution in [0.15, 0.2) is 0 Å². The molecule has 0 atom stereocenters. The molecule has 0 amide bonds. The summed E-state index contributed by atoms with van der Waals surface area (Å²) in [5, 5.41) is 8.21. The number of hydrogen-bond donors (Lipinski definition) is 1. The van der Waals surface area contributed by atoms with Gasteiger partial charge in [-0.25, -0.2) is 0 Å². The van der Waals surface area contributed by atoms with Crippen LogP contribution in [0.2, 0.25) is 0 Å². The summed E-state index contributed by atoms with van der Waals surface area (Å²) < 4.78 is 281. The van der Waals surface area contributed by atoms with Crippen molar-refractivity contribution in [2.24, 2.45) is 0 Å². The molecule has 0 rings (SSSR count). The van der Waals surface area contributed by atoms with E-state index in [1.165, 1.54) is 0 Å². The van der Waals surface area contributed by atoms with E-state index in [0.29, 0.717) is 0 Å². The first-order valence-electron chi connectivity index (χ1n) is 9.40. The van der Waals surface area contributed by atoms with Crippen molar-refractivity contribution < 1.29 is 112 Å². The van der Waals surface area contributed by atoms with Crippen molar-refractivity contribution in [2.45, 2.75) is 78.7 Å². The Labute approximate surface area is 210 Å². The van der Waals surface area contributed by atoms with Crippen LogP contribution < -0.4 is 0 Å². The van der Waals surface area contributed by atoms with E-state index in [-0.39, 0.29) is 0 Å². The molecule has 1 N–H and O–H groups in total. The van der Waals surface area contributed by atoms with Crippen LogP contribution in [0.1, 0.15) is 19.3 Å². The van der Waals surface area contributed by atoms with Gasteiger partial charge in [0.15, 0.2) is 0 Å². The van der Waals surface area contributed by atoms with Gasteiger partial charge in [0.2, 0.25) is 0 Å². The molecule has 0 bridgehead atoms. The van der Waals surface area contributed by atoms with Crippen molar-refractivity contribution in [3.05, 3.63) is 0 Å². The van der Waals surface area contributed by atoms with Gasteiger partial charge in [-0.15, -0.1) is 0 Å². The molecule has 0 aliphatic carbocycles. The number of carbonyl (C=O) groups excluding carboxylic acids is 1. The smallest absolute Gasteiger partial charge is 0.460 e. The maximum Gasteiger partial charge on any atom is 0.460 e. The van der Waals surface area contributed by atoms with E-state index in [9.17, 15) is 102 Å². The van der Waals surface area contributed by atoms with E-state index in [4.69, 9.17) is 5.11 Å². The van der Waals surface area contributed by atoms with Gasteiger partial charge in [-0.05, 0) is 0 Å². The molecule has 0 aliphatic heterocycles. The molecule has 0 spiro atoms. The van der Waals surface area contributed by atoms with Gasteiger partial charge < -0.3 is 9.84 Å². The van der Waals surface area contributed by atoms with Gasteiger partial charge in [0.05, 0.1) is 25.9 Å². The van der Waals surface area contributed by atoms with Gasteiger partial charge in [-0.2, -0.15) is 92.2 Å². The molecule has 0 heterocycles. The van der Waals surface area contributed by atoms with Crippen molar-refractivity contribution in [1.82, 2.24) is 0 Å². The van der Waals surface area contributed by atoms with Crippen molar-refractivity contribution in [3.63, 3.8) is 0 Å². The van der Waals surface area contributed by atoms with E-state index in [0.717, 1.165) is 0 Å². The maximum atomic E-state index is 13.7. The van der Waals surface area contributed by atoms with Gasteiger partial charge >= 0.3 is 71.4 Å². The first-order valence-corrected chi connectivity index (χ1v) is 9.40. The Morgan fingerprint density at radius 1 is 0.463 bits per heavy atom. The summed E-state index contributed by atoms with van der Waals surface area (Å²) in [6.45, 7) is -2.26. The summed E-state index contributed by atoms with van der Waals surface area (Å²) in [7, 11) is 0. The summed E-state index contributed by atoms with van der Waals surface area (Å²) in [5.74, 6) is -81.5. The highest BCUT2D eigenvalue weighted by Gasteiger charge is 2.97. The van der Waals surface area contributed by atoms with Crippen LogP contribution in [0.25, 0.3) is 0 Å². The Bertz CT molecular complexity index is 967. The second-order valence-corrected chi connectivity index (χ2v) is 7.66. The molecular weight excluding hydrogens is 655 g/mol. The first-order chi connectivity index (χ1) is 17.6. The fourth-order valence-corrected chi connectivity index (χ4v) is 2.32. The molecule has 0 aliphatic rings. The van der Waals surface area contributed by atoms with E-state index in [2.05, 4.69) is 4.74 Å². The molecule has 0 aromatic heterocycles. The summed E-state index contributed by atoms with van der Waals surface area (Å²) in [6, 6.07) is 0. The molecule has 25 heteroatoms. The van der Waals surface area contributed by atoms with Crippen LogP contribution in [0, 0.1) is 0 Å². The maximum absolute atomic E-state index is 13.7. The Balaban J connectivity index is 6.57. The molecule has 0 saturated carbocycles. The summed E-state index contributed by atoms with van der Waals surface area (Å²) in [5.41, 5.74) is 0. The van der Waals surface area contributed by atoms with Gasteiger partial charge in [-0.1, -0.05) is 0 Å². The zero-order chi connectivity index (χ0) is 33.7. The summed E-state index contributed by atoms with van der Waals surface area (Å²) >= 11 is 0. The number of halogens is 21. The van der Waals surface area contributed by atoms with Gasteiger partial charge in [0, 0.05) is 0 Å². The lowest BCUT2D eigenvalue weighted by atomic mass is 9.86. The van der Waals surface area contributed by atoms with Crippen LogP contribution in [-0.4, -0.2) is 83.1 Å². The van der Waals surface area contributed by atoms with Crippen LogP contribution >= 0.6 is 0 Å². The third kappa shape index (κ3) is 5.76. The van der Waals surface area contributed by atoms with Crippen LogP contribution in [-0.2, 0) is 14.3 Å². The van der Waals surface area contributed by atoms with Gasteiger partial charge in [0.25, 0.3) is 0 Å². The minimum absolute atomic E-state index is 1.13. The van der Waals surface area contributed by atoms with Crippen molar-refractivity contribution in [1.29, 1.82) is 0 Å². The predicted octanol–water partition coefficient (Wildman–Crippen LogP) is 7.06. The Kier molecular flexibility index (Phi) is 9.97. The summed E-state index contributed by atoms with van der Waals surface area (Å²) in [4.78, 5) is 21.1. The molecule has 0 unspecified atom stereocenters. The highest BCUT2D eigenvalue weighted by atomic mass is 19.4. The second kappa shape index (κ2) is 10.6. The molecule has 244 valence electrons. The van der Waals surface area contributed by atoms with Crippen molar-refractivity contribution in [3.8, 4) is 0 Å². The SMILES string of the molecule is O=C(O)CCC(=O)OCCC(F)(F)C(F)(F)C(F)(F)C(F)(F)C(F)(F)C(F)(F)C(F)(F)C(F)(F)C(F)(F)C(F)(F)F. The minimum Gasteiger partial charge on any atom is -0.481 e. The number of rotatable bonds is 14. The largest absolute Gasteiger partial charge is 0.481 e. The number of esters is 1. The molecular formula is C16H9F21O4. The second-order valence-electron chi connectivity index (χ2n) is 7.66. The average Bonchev–Trinajstić information content (AvgIpc) is 2.75. The van der Waals surface area contributed by atoms with E-state index in [1.54, 1.807) is 0 Å². The van der Waals surface area contributed by atoms with Crippen molar-refractivity contribution >= 4 is 11.9 Å².